The van der Waals surface area contributed by atoms with E-state index in [4.69, 9.17) is 9.97 Å². The van der Waals surface area contributed by atoms with Crippen LogP contribution in [-0.4, -0.2) is 113 Å². The van der Waals surface area contributed by atoms with Crippen LogP contribution in [-0.2, 0) is 11.3 Å². The van der Waals surface area contributed by atoms with E-state index in [-0.39, 0.29) is 55.5 Å². The van der Waals surface area contributed by atoms with Crippen molar-refractivity contribution < 1.29 is 35.1 Å². The number of rotatable bonds is 13. The van der Waals surface area contributed by atoms with Crippen LogP contribution in [0.4, 0.5) is 16.6 Å². The average Bonchev–Trinajstić information content (AvgIpc) is 3.90. The van der Waals surface area contributed by atoms with Crippen LogP contribution in [0.5, 0.6) is 11.5 Å². The summed E-state index contributed by atoms with van der Waals surface area (Å²) in [4.78, 5) is 45.8. The van der Waals surface area contributed by atoms with Gasteiger partial charge in [0.25, 0.3) is 0 Å². The van der Waals surface area contributed by atoms with E-state index >= 15 is 0 Å². The first-order valence-electron chi connectivity index (χ1n) is 18.2. The number of aromatic hydroxyl groups is 2. The minimum atomic E-state index is -1.27. The second-order valence-electron chi connectivity index (χ2n) is 13.8. The predicted octanol–water partition coefficient (Wildman–Crippen LogP) is 1.49. The Morgan fingerprint density at radius 3 is 2.29 bits per heavy atom. The summed E-state index contributed by atoms with van der Waals surface area (Å²) in [6, 6.07) is 17.3. The number of nitrogens with zero attached hydrogens (tertiary/aromatic N) is 6. The first-order valence-corrected chi connectivity index (χ1v) is 18.2. The lowest BCUT2D eigenvalue weighted by atomic mass is 9.91. The third-order valence-corrected chi connectivity index (χ3v) is 10.1. The molecule has 3 amide bonds. The lowest BCUT2D eigenvalue weighted by molar-refractivity contribution is -0.123. The zero-order chi connectivity index (χ0) is 38.5. The molecule has 17 heteroatoms. The number of phenols is 2. The van der Waals surface area contributed by atoms with Crippen molar-refractivity contribution in [1.29, 1.82) is 0 Å². The van der Waals surface area contributed by atoms with Crippen molar-refractivity contribution >= 4 is 34.9 Å². The van der Waals surface area contributed by atoms with Crippen LogP contribution in [0.1, 0.15) is 48.0 Å². The number of benzene rings is 2. The summed E-state index contributed by atoms with van der Waals surface area (Å²) in [5, 5.41) is 63.3. The van der Waals surface area contributed by atoms with Gasteiger partial charge in [-0.3, -0.25) is 9.78 Å². The molecule has 1 unspecified atom stereocenters. The van der Waals surface area contributed by atoms with Gasteiger partial charge in [0.2, 0.25) is 11.9 Å². The van der Waals surface area contributed by atoms with Crippen molar-refractivity contribution in [2.24, 2.45) is 0 Å². The highest BCUT2D eigenvalue weighted by atomic mass is 16.3. The molecule has 0 bridgehead atoms. The largest absolute Gasteiger partial charge is 0.508 e. The standard InChI is InChI=1S/C38H44N10O7/c49-16-13-31(52)44-29-17-30(34(54)33(29)53)48-21-42-32-35(40-19-28(22-4-8-26(50)9-5-22)23-6-10-27(51)11-7-23)45-37(46-36(32)48)47-15-12-25(20-47)43-38(55)41-18-24-3-1-2-14-39-24/h1-11,14,21,25,28-30,33-34,49-51,53-54H,12-13,15-20H2,(H,44,52)(H,40,45,46)(H2,41,43,55)/t25?,29-,30+,33+,34-/m0/s1. The van der Waals surface area contributed by atoms with E-state index in [9.17, 15) is 35.1 Å². The van der Waals surface area contributed by atoms with E-state index in [0.29, 0.717) is 49.0 Å². The van der Waals surface area contributed by atoms with Crippen LogP contribution in [0.15, 0.2) is 79.3 Å². The minimum absolute atomic E-state index is 0.129. The maximum Gasteiger partial charge on any atom is 0.315 e. The number of urea groups is 1. The topological polar surface area (TPSA) is 243 Å². The van der Waals surface area contributed by atoms with Crippen molar-refractivity contribution in [1.82, 2.24) is 40.5 Å². The summed E-state index contributed by atoms with van der Waals surface area (Å²) in [6.07, 6.45) is 1.36. The van der Waals surface area contributed by atoms with E-state index in [1.165, 1.54) is 6.33 Å². The quantitative estimate of drug-likeness (QED) is 0.0829. The number of carbonyl (C=O) groups is 2. The molecule has 1 aliphatic heterocycles. The highest BCUT2D eigenvalue weighted by Gasteiger charge is 2.44. The van der Waals surface area contributed by atoms with Gasteiger partial charge < -0.3 is 56.3 Å². The van der Waals surface area contributed by atoms with Crippen molar-refractivity contribution in [3.63, 3.8) is 0 Å². The molecular formula is C38H44N10O7. The minimum Gasteiger partial charge on any atom is -0.508 e. The molecule has 2 aliphatic rings. The van der Waals surface area contributed by atoms with Gasteiger partial charge >= 0.3 is 6.03 Å². The molecule has 0 radical (unpaired) electrons. The van der Waals surface area contributed by atoms with Crippen LogP contribution < -0.4 is 26.2 Å². The molecule has 3 aromatic heterocycles. The molecule has 0 spiro atoms. The molecule has 4 heterocycles. The third-order valence-electron chi connectivity index (χ3n) is 10.1. The summed E-state index contributed by atoms with van der Waals surface area (Å²) in [5.41, 5.74) is 3.34. The second kappa shape index (κ2) is 16.5. The second-order valence-corrected chi connectivity index (χ2v) is 13.8. The average molecular weight is 753 g/mol. The number of aliphatic hydroxyl groups is 3. The van der Waals surface area contributed by atoms with Gasteiger partial charge in [0.1, 0.15) is 23.7 Å². The molecule has 5 aromatic rings. The first kappa shape index (κ1) is 37.3. The van der Waals surface area contributed by atoms with E-state index in [0.717, 1.165) is 16.8 Å². The highest BCUT2D eigenvalue weighted by molar-refractivity contribution is 5.85. The third kappa shape index (κ3) is 8.53. The summed E-state index contributed by atoms with van der Waals surface area (Å²) >= 11 is 0. The molecule has 2 fully saturated rings. The fourth-order valence-electron chi connectivity index (χ4n) is 7.23. The summed E-state index contributed by atoms with van der Waals surface area (Å²) in [7, 11) is 0. The van der Waals surface area contributed by atoms with Crippen LogP contribution in [0.2, 0.25) is 0 Å². The number of pyridine rings is 1. The molecular weight excluding hydrogens is 708 g/mol. The number of nitrogens with one attached hydrogen (secondary N) is 4. The smallest absolute Gasteiger partial charge is 0.315 e. The maximum atomic E-state index is 12.8. The van der Waals surface area contributed by atoms with Crippen LogP contribution >= 0.6 is 0 Å². The van der Waals surface area contributed by atoms with E-state index in [1.807, 2.05) is 47.4 Å². The van der Waals surface area contributed by atoms with Gasteiger partial charge in [-0.15, -0.1) is 0 Å². The van der Waals surface area contributed by atoms with Crippen molar-refractivity contribution in [3.8, 4) is 11.5 Å². The van der Waals surface area contributed by atoms with Crippen LogP contribution in [0.25, 0.3) is 11.2 Å². The number of anilines is 2. The Morgan fingerprint density at radius 2 is 1.62 bits per heavy atom. The molecule has 2 aromatic carbocycles. The number of aromatic nitrogens is 5. The van der Waals surface area contributed by atoms with Gasteiger partial charge in [-0.25, -0.2) is 9.78 Å². The number of phenolic OH excluding ortho intramolecular Hbond substituents is 2. The number of imidazole rings is 1. The van der Waals surface area contributed by atoms with Crippen LogP contribution in [0, 0.1) is 0 Å². The molecule has 7 rings (SSSR count). The molecule has 1 saturated carbocycles. The Balaban J connectivity index is 1.17. The number of fused-ring (bicyclic) bond motifs is 1. The van der Waals surface area contributed by atoms with Crippen molar-refractivity contribution in [2.45, 2.75) is 62.1 Å². The number of carbonyl (C=O) groups excluding carboxylic acids is 2. The summed E-state index contributed by atoms with van der Waals surface area (Å²) < 4.78 is 1.69. The zero-order valence-corrected chi connectivity index (χ0v) is 29.9. The Hall–Kier alpha value is -6.04. The van der Waals surface area contributed by atoms with Gasteiger partial charge in [-0.05, 0) is 60.4 Å². The predicted molar refractivity (Wildman–Crippen MR) is 201 cm³/mol. The van der Waals surface area contributed by atoms with E-state index in [1.54, 1.807) is 35.0 Å². The number of hydrogen-bond donors (Lipinski definition) is 9. The fraction of sp³-hybridized carbons (Fsp3) is 0.368. The highest BCUT2D eigenvalue weighted by Crippen LogP contribution is 2.36. The first-order chi connectivity index (χ1) is 26.7. The number of hydrogen-bond acceptors (Lipinski definition) is 13. The monoisotopic (exact) mass is 752 g/mol. The molecule has 1 aliphatic carbocycles. The molecule has 55 heavy (non-hydrogen) atoms. The Morgan fingerprint density at radius 1 is 0.891 bits per heavy atom. The fourth-order valence-corrected chi connectivity index (χ4v) is 7.23. The SMILES string of the molecule is O=C(CCO)N[C@H]1C[C@@H](n2cnc3c(NCC(c4ccc(O)cc4)c4ccc(O)cc4)nc(N4CCC(NC(=O)NCc5ccccn5)C4)nc32)[C@H](O)[C@@H]1O. The normalized spacial score (nSPS) is 20.9. The van der Waals surface area contributed by atoms with Gasteiger partial charge in [-0.1, -0.05) is 30.3 Å². The van der Waals surface area contributed by atoms with Gasteiger partial charge in [0.15, 0.2) is 17.0 Å². The Labute approximate surface area is 316 Å². The van der Waals surface area contributed by atoms with Gasteiger partial charge in [0.05, 0.1) is 37.3 Å². The molecule has 9 N–H and O–H groups in total. The molecule has 288 valence electrons. The zero-order valence-electron chi connectivity index (χ0n) is 29.9. The van der Waals surface area contributed by atoms with Crippen molar-refractivity contribution in [3.05, 3.63) is 96.1 Å². The van der Waals surface area contributed by atoms with E-state index < -0.39 is 30.2 Å². The van der Waals surface area contributed by atoms with Crippen LogP contribution in [0.3, 0.4) is 0 Å². The van der Waals surface area contributed by atoms with Crippen molar-refractivity contribution in [2.75, 3.05) is 36.5 Å². The van der Waals surface area contributed by atoms with Gasteiger partial charge in [0, 0.05) is 44.2 Å². The molecule has 5 atom stereocenters. The lowest BCUT2D eigenvalue weighted by Crippen LogP contribution is -2.43. The maximum absolute atomic E-state index is 12.8. The molecule has 1 saturated heterocycles. The number of aliphatic hydroxyl groups excluding tert-OH is 3. The Bertz CT molecular complexity index is 2040. The summed E-state index contributed by atoms with van der Waals surface area (Å²) in [6.45, 7) is 1.23. The van der Waals surface area contributed by atoms with Gasteiger partial charge in [-0.2, -0.15) is 9.97 Å². The number of amides is 3. The molecule has 17 nitrogen and oxygen atoms in total. The lowest BCUT2D eigenvalue weighted by Gasteiger charge is -2.22. The Kier molecular flexibility index (Phi) is 11.2. The summed E-state index contributed by atoms with van der Waals surface area (Å²) in [5.74, 6) is 0.357. The van der Waals surface area contributed by atoms with E-state index in [2.05, 4.69) is 31.2 Å².